The highest BCUT2D eigenvalue weighted by Gasteiger charge is 2.23. The molecule has 0 aliphatic carbocycles. The topological polar surface area (TPSA) is 107 Å². The van der Waals surface area contributed by atoms with Gasteiger partial charge < -0.3 is 11.1 Å². The minimum Gasteiger partial charge on any atom is -0.364 e. The van der Waals surface area contributed by atoms with Crippen LogP contribution in [0.3, 0.4) is 0 Å². The van der Waals surface area contributed by atoms with Gasteiger partial charge in [0.1, 0.15) is 6.54 Å². The van der Waals surface area contributed by atoms with Crippen LogP contribution in [0, 0.1) is 0 Å². The number of hydrogen-bond donors (Lipinski definition) is 2. The Balaban J connectivity index is 1.62. The summed E-state index contributed by atoms with van der Waals surface area (Å²) in [4.78, 5) is 38.2. The summed E-state index contributed by atoms with van der Waals surface area (Å²) in [5.74, 6) is -0.183. The predicted molar refractivity (Wildman–Crippen MR) is 107 cm³/mol. The molecular weight excluding hydrogens is 376 g/mol. The van der Waals surface area contributed by atoms with Gasteiger partial charge in [-0.25, -0.2) is 4.68 Å². The average Bonchev–Trinajstić information content (AvgIpc) is 2.70. The fourth-order valence-electron chi connectivity index (χ4n) is 3.39. The molecule has 0 spiro atoms. The summed E-state index contributed by atoms with van der Waals surface area (Å²) in [6.45, 7) is -0.282. The Labute approximate surface area is 164 Å². The van der Waals surface area contributed by atoms with Crippen LogP contribution < -0.4 is 16.6 Å². The fourth-order valence-corrected chi connectivity index (χ4v) is 4.52. The maximum atomic E-state index is 12.7. The van der Waals surface area contributed by atoms with Gasteiger partial charge in [0, 0.05) is 16.0 Å². The summed E-state index contributed by atoms with van der Waals surface area (Å²) in [7, 11) is 0. The van der Waals surface area contributed by atoms with Crippen LogP contribution in [0.5, 0.6) is 0 Å². The third-order valence-corrected chi connectivity index (χ3v) is 5.81. The molecule has 0 bridgehead atoms. The van der Waals surface area contributed by atoms with E-state index < -0.39 is 11.5 Å². The van der Waals surface area contributed by atoms with Gasteiger partial charge in [0.05, 0.1) is 11.4 Å². The molecule has 7 nitrogen and oxygen atoms in total. The van der Waals surface area contributed by atoms with Gasteiger partial charge in [-0.1, -0.05) is 36.4 Å². The molecule has 2 amide bonds. The first-order valence-corrected chi connectivity index (χ1v) is 9.84. The van der Waals surface area contributed by atoms with E-state index in [0.717, 1.165) is 27.3 Å². The van der Waals surface area contributed by atoms with Gasteiger partial charge >= 0.3 is 0 Å². The van der Waals surface area contributed by atoms with Crippen molar-refractivity contribution in [3.8, 4) is 0 Å². The van der Waals surface area contributed by atoms with Crippen molar-refractivity contribution in [2.75, 3.05) is 5.75 Å². The number of primary amides is 1. The van der Waals surface area contributed by atoms with E-state index in [-0.39, 0.29) is 24.2 Å². The zero-order valence-electron chi connectivity index (χ0n) is 14.9. The van der Waals surface area contributed by atoms with Crippen molar-refractivity contribution < 1.29 is 9.59 Å². The van der Waals surface area contributed by atoms with E-state index in [1.54, 1.807) is 36.0 Å². The maximum Gasteiger partial charge on any atom is 0.275 e. The van der Waals surface area contributed by atoms with E-state index in [4.69, 9.17) is 5.73 Å². The number of nitrogens with zero attached hydrogens (tertiary/aromatic N) is 2. The highest BCUT2D eigenvalue weighted by molar-refractivity contribution is 7.99. The summed E-state index contributed by atoms with van der Waals surface area (Å²) in [5, 5.41) is 7.71. The van der Waals surface area contributed by atoms with Crippen molar-refractivity contribution in [2.45, 2.75) is 23.9 Å². The minimum absolute atomic E-state index is 0.0255. The Hall–Kier alpha value is -3.13. The number of nitrogens with one attached hydrogen (secondary N) is 1. The number of carbonyl (C=O) groups excluding carboxylic acids is 2. The summed E-state index contributed by atoms with van der Waals surface area (Å²) >= 11 is 1.76. The molecule has 1 atom stereocenters. The molecule has 8 heteroatoms. The molecule has 0 radical (unpaired) electrons. The Morgan fingerprint density at radius 1 is 1.14 bits per heavy atom. The van der Waals surface area contributed by atoms with Gasteiger partial charge in [0.25, 0.3) is 11.5 Å². The van der Waals surface area contributed by atoms with Crippen molar-refractivity contribution in [1.29, 1.82) is 0 Å². The van der Waals surface area contributed by atoms with Crippen molar-refractivity contribution in [3.05, 3.63) is 70.1 Å². The van der Waals surface area contributed by atoms with E-state index in [9.17, 15) is 14.4 Å². The molecule has 3 N–H and O–H groups in total. The largest absolute Gasteiger partial charge is 0.364 e. The number of amides is 2. The number of aromatic nitrogens is 2. The normalized spacial score (nSPS) is 15.8. The fraction of sp³-hybridized carbons (Fsp3) is 0.200. The van der Waals surface area contributed by atoms with E-state index in [2.05, 4.69) is 10.4 Å². The van der Waals surface area contributed by atoms with Gasteiger partial charge in [-0.3, -0.25) is 14.4 Å². The molecule has 0 saturated carbocycles. The Morgan fingerprint density at radius 2 is 1.86 bits per heavy atom. The standard InChI is InChI=1S/C20H18N4O3S/c21-19(26)18-12-5-1-2-6-13(12)20(27)24(23-18)11-17(25)22-15-9-10-28-16-8-4-3-7-14(15)16/h1-8,15H,9-11H2,(H2,21,26)(H,22,25)/t15-/m1/s1. The van der Waals surface area contributed by atoms with Crippen LogP contribution >= 0.6 is 11.8 Å². The molecule has 1 aliphatic heterocycles. The number of hydrogen-bond acceptors (Lipinski definition) is 5. The zero-order chi connectivity index (χ0) is 19.7. The Bertz CT molecular complexity index is 1140. The molecule has 0 unspecified atom stereocenters. The van der Waals surface area contributed by atoms with Crippen LogP contribution in [0.15, 0.2) is 58.2 Å². The molecule has 1 aliphatic rings. The third kappa shape index (κ3) is 3.38. The minimum atomic E-state index is -0.747. The molecule has 4 rings (SSSR count). The van der Waals surface area contributed by atoms with Crippen LogP contribution in [-0.2, 0) is 11.3 Å². The molecular formula is C20H18N4O3S. The van der Waals surface area contributed by atoms with Gasteiger partial charge in [-0.05, 0) is 24.1 Å². The molecule has 1 aromatic heterocycles. The van der Waals surface area contributed by atoms with Crippen molar-refractivity contribution in [1.82, 2.24) is 15.1 Å². The first-order chi connectivity index (χ1) is 13.5. The molecule has 0 saturated heterocycles. The second kappa shape index (κ2) is 7.47. The summed E-state index contributed by atoms with van der Waals surface area (Å²) in [6.07, 6.45) is 0.806. The lowest BCUT2D eigenvalue weighted by Gasteiger charge is -2.25. The zero-order valence-corrected chi connectivity index (χ0v) is 15.7. The molecule has 28 heavy (non-hydrogen) atoms. The monoisotopic (exact) mass is 394 g/mol. The van der Waals surface area contributed by atoms with Gasteiger partial charge in [-0.2, -0.15) is 5.10 Å². The molecule has 0 fully saturated rings. The van der Waals surface area contributed by atoms with Crippen LogP contribution in [0.4, 0.5) is 0 Å². The highest BCUT2D eigenvalue weighted by Crippen LogP contribution is 2.35. The Kier molecular flexibility index (Phi) is 4.87. The smallest absolute Gasteiger partial charge is 0.275 e. The van der Waals surface area contributed by atoms with E-state index in [1.807, 2.05) is 24.3 Å². The number of thioether (sulfide) groups is 1. The average molecular weight is 394 g/mol. The summed E-state index contributed by atoms with van der Waals surface area (Å²) in [6, 6.07) is 14.4. The SMILES string of the molecule is NC(=O)c1nn(CC(=O)N[C@@H]2CCSc3ccccc32)c(=O)c2ccccc12. The lowest BCUT2D eigenvalue weighted by atomic mass is 10.0. The number of benzene rings is 2. The van der Waals surface area contributed by atoms with Crippen LogP contribution in [0.25, 0.3) is 10.8 Å². The molecule has 2 heterocycles. The number of nitrogens with two attached hydrogens (primary N) is 1. The quantitative estimate of drug-likeness (QED) is 0.702. The molecule has 3 aromatic rings. The van der Waals surface area contributed by atoms with Gasteiger partial charge in [0.2, 0.25) is 5.91 Å². The van der Waals surface area contributed by atoms with Crippen LogP contribution in [-0.4, -0.2) is 27.3 Å². The number of fused-ring (bicyclic) bond motifs is 2. The second-order valence-corrected chi connectivity index (χ2v) is 7.65. The molecule has 2 aromatic carbocycles. The maximum absolute atomic E-state index is 12.7. The van der Waals surface area contributed by atoms with Gasteiger partial charge in [0.15, 0.2) is 5.69 Å². The van der Waals surface area contributed by atoms with Crippen molar-refractivity contribution in [3.63, 3.8) is 0 Å². The van der Waals surface area contributed by atoms with E-state index in [0.29, 0.717) is 10.8 Å². The first kappa shape index (κ1) is 18.2. The summed E-state index contributed by atoms with van der Waals surface area (Å²) < 4.78 is 1.00. The summed E-state index contributed by atoms with van der Waals surface area (Å²) in [5.41, 5.74) is 6.02. The van der Waals surface area contributed by atoms with Crippen molar-refractivity contribution >= 4 is 34.3 Å². The lowest BCUT2D eigenvalue weighted by molar-refractivity contribution is -0.122. The van der Waals surface area contributed by atoms with E-state index in [1.165, 1.54) is 0 Å². The Morgan fingerprint density at radius 3 is 2.64 bits per heavy atom. The molecule has 142 valence electrons. The predicted octanol–water partition coefficient (Wildman–Crippen LogP) is 1.85. The number of rotatable bonds is 4. The second-order valence-electron chi connectivity index (χ2n) is 6.52. The van der Waals surface area contributed by atoms with Gasteiger partial charge in [-0.15, -0.1) is 11.8 Å². The number of carbonyl (C=O) groups is 2. The first-order valence-electron chi connectivity index (χ1n) is 8.85. The van der Waals surface area contributed by atoms with Crippen LogP contribution in [0.1, 0.15) is 28.5 Å². The van der Waals surface area contributed by atoms with Crippen molar-refractivity contribution in [2.24, 2.45) is 5.73 Å². The lowest BCUT2D eigenvalue weighted by Crippen LogP contribution is -2.37. The van der Waals surface area contributed by atoms with Crippen LogP contribution in [0.2, 0.25) is 0 Å². The van der Waals surface area contributed by atoms with E-state index >= 15 is 0 Å². The highest BCUT2D eigenvalue weighted by atomic mass is 32.2. The third-order valence-electron chi connectivity index (χ3n) is 4.69.